The number of nitrogens with zero attached hydrogens (tertiary/aromatic N) is 2. The normalized spacial score (nSPS) is 15.5. The molecule has 0 aromatic heterocycles. The van der Waals surface area contributed by atoms with Crippen LogP contribution < -0.4 is 0 Å². The lowest BCUT2D eigenvalue weighted by Crippen LogP contribution is -2.40. The average molecular weight is 214 g/mol. The van der Waals surface area contributed by atoms with Crippen LogP contribution in [0.15, 0.2) is 0 Å². The molecule has 0 N–H and O–H groups in total. The summed E-state index contributed by atoms with van der Waals surface area (Å²) in [5.74, 6) is 0.743. The predicted molar refractivity (Wildman–Crippen MR) is 64.8 cm³/mol. The van der Waals surface area contributed by atoms with Crippen molar-refractivity contribution in [3.05, 3.63) is 0 Å². The maximum absolute atomic E-state index is 12.0. The lowest BCUT2D eigenvalue weighted by atomic mass is 9.94. The molecule has 0 heterocycles. The van der Waals surface area contributed by atoms with Crippen LogP contribution in [0.1, 0.15) is 27.7 Å². The summed E-state index contributed by atoms with van der Waals surface area (Å²) in [6.07, 6.45) is 0. The minimum Gasteiger partial charge on any atom is -0.343 e. The third kappa shape index (κ3) is 4.65. The average Bonchev–Trinajstić information content (AvgIpc) is 2.13. The summed E-state index contributed by atoms with van der Waals surface area (Å²) in [4.78, 5) is 16.0. The van der Waals surface area contributed by atoms with E-state index in [9.17, 15) is 4.79 Å². The molecule has 0 saturated heterocycles. The topological polar surface area (TPSA) is 23.6 Å². The van der Waals surface area contributed by atoms with Crippen molar-refractivity contribution in [2.75, 3.05) is 27.7 Å². The fourth-order valence-electron chi connectivity index (χ4n) is 1.55. The van der Waals surface area contributed by atoms with E-state index in [0.717, 1.165) is 6.54 Å². The maximum Gasteiger partial charge on any atom is 0.225 e. The molecule has 0 bridgehead atoms. The minimum absolute atomic E-state index is 0.0970. The first kappa shape index (κ1) is 14.4. The van der Waals surface area contributed by atoms with Gasteiger partial charge in [-0.25, -0.2) is 0 Å². The Balaban J connectivity index is 4.30. The smallest absolute Gasteiger partial charge is 0.225 e. The van der Waals surface area contributed by atoms with E-state index in [0.29, 0.717) is 5.92 Å². The van der Waals surface area contributed by atoms with Crippen molar-refractivity contribution in [1.29, 1.82) is 0 Å². The molecule has 0 spiro atoms. The molecule has 2 unspecified atom stereocenters. The van der Waals surface area contributed by atoms with Gasteiger partial charge in [-0.2, -0.15) is 0 Å². The lowest BCUT2D eigenvalue weighted by molar-refractivity contribution is -0.136. The highest BCUT2D eigenvalue weighted by Crippen LogP contribution is 2.15. The highest BCUT2D eigenvalue weighted by atomic mass is 16.2. The van der Waals surface area contributed by atoms with Gasteiger partial charge in [-0.1, -0.05) is 13.8 Å². The first-order chi connectivity index (χ1) is 6.77. The van der Waals surface area contributed by atoms with E-state index in [1.807, 2.05) is 46.8 Å². The zero-order valence-electron chi connectivity index (χ0n) is 11.2. The molecular formula is C12H26N2O. The Labute approximate surface area is 94.4 Å². The molecule has 3 heteroatoms. The number of carbonyl (C=O) groups is 1. The van der Waals surface area contributed by atoms with Gasteiger partial charge in [0.2, 0.25) is 5.91 Å². The van der Waals surface area contributed by atoms with Crippen LogP contribution in [0.2, 0.25) is 0 Å². The molecule has 0 rings (SSSR count). The van der Waals surface area contributed by atoms with Gasteiger partial charge in [0.05, 0.1) is 0 Å². The van der Waals surface area contributed by atoms with Crippen LogP contribution in [0.25, 0.3) is 0 Å². The number of hydrogen-bond donors (Lipinski definition) is 0. The van der Waals surface area contributed by atoms with Gasteiger partial charge in [-0.15, -0.1) is 0 Å². The van der Waals surface area contributed by atoms with Gasteiger partial charge in [0.1, 0.15) is 0 Å². The molecule has 0 saturated carbocycles. The summed E-state index contributed by atoms with van der Waals surface area (Å²) in [6.45, 7) is 9.20. The van der Waals surface area contributed by atoms with Gasteiger partial charge >= 0.3 is 0 Å². The van der Waals surface area contributed by atoms with Crippen LogP contribution in [0.5, 0.6) is 0 Å². The summed E-state index contributed by atoms with van der Waals surface area (Å²) in [5.41, 5.74) is 0. The molecule has 0 aromatic carbocycles. The van der Waals surface area contributed by atoms with E-state index in [2.05, 4.69) is 11.8 Å². The Hall–Kier alpha value is -0.570. The van der Waals surface area contributed by atoms with Crippen LogP contribution in [0.4, 0.5) is 0 Å². The monoisotopic (exact) mass is 214 g/mol. The fraction of sp³-hybridized carbons (Fsp3) is 0.917. The van der Waals surface area contributed by atoms with Crippen molar-refractivity contribution in [2.24, 2.45) is 11.8 Å². The van der Waals surface area contributed by atoms with Gasteiger partial charge < -0.3 is 9.80 Å². The largest absolute Gasteiger partial charge is 0.343 e. The fourth-order valence-corrected chi connectivity index (χ4v) is 1.55. The molecule has 15 heavy (non-hydrogen) atoms. The molecule has 3 nitrogen and oxygen atoms in total. The van der Waals surface area contributed by atoms with Crippen molar-refractivity contribution in [2.45, 2.75) is 33.7 Å². The summed E-state index contributed by atoms with van der Waals surface area (Å²) >= 11 is 0. The van der Waals surface area contributed by atoms with E-state index in [-0.39, 0.29) is 17.9 Å². The molecule has 0 fully saturated rings. The van der Waals surface area contributed by atoms with Crippen LogP contribution in [-0.2, 0) is 4.79 Å². The molecule has 1 amide bonds. The van der Waals surface area contributed by atoms with E-state index >= 15 is 0 Å². The molecule has 0 aromatic rings. The SMILES string of the molecule is CC(CN(C)C)C(C)C(=O)N(C)C(C)C. The maximum atomic E-state index is 12.0. The van der Waals surface area contributed by atoms with Crippen LogP contribution in [0, 0.1) is 11.8 Å². The quantitative estimate of drug-likeness (QED) is 0.695. The van der Waals surface area contributed by atoms with Crippen molar-refractivity contribution >= 4 is 5.91 Å². The number of rotatable bonds is 5. The highest BCUT2D eigenvalue weighted by Gasteiger charge is 2.24. The van der Waals surface area contributed by atoms with E-state index in [4.69, 9.17) is 0 Å². The molecule has 0 aliphatic heterocycles. The first-order valence-corrected chi connectivity index (χ1v) is 5.68. The zero-order chi connectivity index (χ0) is 12.2. The summed E-state index contributed by atoms with van der Waals surface area (Å²) in [7, 11) is 5.96. The minimum atomic E-state index is 0.0970. The molecule has 0 aliphatic carbocycles. The Bertz CT molecular complexity index is 202. The molecule has 2 atom stereocenters. The Morgan fingerprint density at radius 3 is 1.87 bits per heavy atom. The van der Waals surface area contributed by atoms with Gasteiger partial charge in [0, 0.05) is 25.6 Å². The van der Waals surface area contributed by atoms with Crippen molar-refractivity contribution < 1.29 is 4.79 Å². The Morgan fingerprint density at radius 1 is 1.07 bits per heavy atom. The standard InChI is InChI=1S/C12H26N2O/c1-9(2)14(7)12(15)11(4)10(3)8-13(5)6/h9-11H,8H2,1-7H3. The van der Waals surface area contributed by atoms with Crippen molar-refractivity contribution in [3.63, 3.8) is 0 Å². The van der Waals surface area contributed by atoms with E-state index in [1.165, 1.54) is 0 Å². The first-order valence-electron chi connectivity index (χ1n) is 5.68. The molecule has 0 radical (unpaired) electrons. The second kappa shape index (κ2) is 6.11. The molecular weight excluding hydrogens is 188 g/mol. The third-order valence-electron chi connectivity index (χ3n) is 3.02. The van der Waals surface area contributed by atoms with E-state index < -0.39 is 0 Å². The number of hydrogen-bond acceptors (Lipinski definition) is 2. The van der Waals surface area contributed by atoms with Crippen LogP contribution in [-0.4, -0.2) is 49.4 Å². The third-order valence-corrected chi connectivity index (χ3v) is 3.02. The molecule has 90 valence electrons. The number of carbonyl (C=O) groups excluding carboxylic acids is 1. The van der Waals surface area contributed by atoms with Gasteiger partial charge in [-0.05, 0) is 33.9 Å². The predicted octanol–water partition coefficient (Wildman–Crippen LogP) is 1.69. The lowest BCUT2D eigenvalue weighted by Gasteiger charge is -2.29. The highest BCUT2D eigenvalue weighted by molar-refractivity contribution is 5.78. The van der Waals surface area contributed by atoms with Gasteiger partial charge in [-0.3, -0.25) is 4.79 Å². The van der Waals surface area contributed by atoms with E-state index in [1.54, 1.807) is 0 Å². The van der Waals surface area contributed by atoms with Crippen LogP contribution in [0.3, 0.4) is 0 Å². The summed E-state index contributed by atoms with van der Waals surface area (Å²) < 4.78 is 0. The second-order valence-corrected chi connectivity index (χ2v) is 5.07. The van der Waals surface area contributed by atoms with Crippen molar-refractivity contribution in [3.8, 4) is 0 Å². The Morgan fingerprint density at radius 2 is 1.53 bits per heavy atom. The van der Waals surface area contributed by atoms with Gasteiger partial charge in [0.25, 0.3) is 0 Å². The van der Waals surface area contributed by atoms with Crippen LogP contribution >= 0.6 is 0 Å². The summed E-state index contributed by atoms with van der Waals surface area (Å²) in [5, 5.41) is 0. The Kier molecular flexibility index (Phi) is 5.88. The molecule has 0 aliphatic rings. The second-order valence-electron chi connectivity index (χ2n) is 5.07. The zero-order valence-corrected chi connectivity index (χ0v) is 11.2. The number of amides is 1. The van der Waals surface area contributed by atoms with Crippen molar-refractivity contribution in [1.82, 2.24) is 9.80 Å². The van der Waals surface area contributed by atoms with Gasteiger partial charge in [0.15, 0.2) is 0 Å². The summed E-state index contributed by atoms with van der Waals surface area (Å²) in [6, 6.07) is 0.284.